The van der Waals surface area contributed by atoms with E-state index in [1.807, 2.05) is 63.8 Å². The molecule has 0 spiro atoms. The minimum absolute atomic E-state index is 0.0430. The van der Waals surface area contributed by atoms with Gasteiger partial charge < -0.3 is 39.9 Å². The van der Waals surface area contributed by atoms with Crippen molar-refractivity contribution in [2.24, 2.45) is 23.2 Å². The molecule has 4 amide bonds. The van der Waals surface area contributed by atoms with Gasteiger partial charge in [-0.25, -0.2) is 19.6 Å². The molecule has 1 saturated heterocycles. The number of nitrogens with one attached hydrogen (secondary N) is 4. The number of carbonyl (C=O) groups is 4. The van der Waals surface area contributed by atoms with Crippen molar-refractivity contribution >= 4 is 35.0 Å². The third kappa shape index (κ3) is 7.95. The number of halogens is 2. The van der Waals surface area contributed by atoms with E-state index in [9.17, 15) is 19.2 Å². The molecule has 4 N–H and O–H groups in total. The third-order valence-corrected chi connectivity index (χ3v) is 14.5. The van der Waals surface area contributed by atoms with Crippen LogP contribution in [0.4, 0.5) is 18.4 Å². The number of imidazole rings is 2. The first-order chi connectivity index (χ1) is 31.4. The number of methoxy groups -OCH3 is 2. The molecule has 2 aromatic heterocycles. The van der Waals surface area contributed by atoms with E-state index in [-0.39, 0.29) is 58.2 Å². The second kappa shape index (κ2) is 16.8. The van der Waals surface area contributed by atoms with Crippen molar-refractivity contribution in [3.05, 3.63) is 83.6 Å². The summed E-state index contributed by atoms with van der Waals surface area (Å²) in [4.78, 5) is 72.6. The number of likely N-dealkylation sites (tertiary alicyclic amines) is 1. The zero-order valence-corrected chi connectivity index (χ0v) is 38.6. The number of aromatic amines is 2. The molecule has 3 aliphatic carbocycles. The van der Waals surface area contributed by atoms with E-state index in [0.717, 1.165) is 43.2 Å². The lowest BCUT2D eigenvalue weighted by Gasteiger charge is -2.37. The Morgan fingerprint density at radius 1 is 0.833 bits per heavy atom. The van der Waals surface area contributed by atoms with Gasteiger partial charge >= 0.3 is 12.2 Å². The van der Waals surface area contributed by atoms with Crippen molar-refractivity contribution in [3.63, 3.8) is 0 Å². The van der Waals surface area contributed by atoms with Gasteiger partial charge in [0.1, 0.15) is 23.7 Å². The van der Waals surface area contributed by atoms with Gasteiger partial charge in [-0.05, 0) is 109 Å². The van der Waals surface area contributed by atoms with Crippen LogP contribution in [0.3, 0.4) is 0 Å². The van der Waals surface area contributed by atoms with E-state index in [1.165, 1.54) is 20.3 Å². The molecule has 16 heteroatoms. The molecule has 9 rings (SSSR count). The zero-order valence-electron chi connectivity index (χ0n) is 38.6. The predicted octanol–water partition coefficient (Wildman–Crippen LogP) is 9.24. The number of fused-ring (bicyclic) bond motifs is 6. The van der Waals surface area contributed by atoms with Crippen molar-refractivity contribution in [2.75, 3.05) is 20.8 Å². The highest BCUT2D eigenvalue weighted by molar-refractivity contribution is 5.89. The Bertz CT molecular complexity index is 2720. The molecule has 1 aliphatic heterocycles. The number of hydrogen-bond donors (Lipinski definition) is 4. The first-order valence-electron chi connectivity index (χ1n) is 23.0. The first-order valence-corrected chi connectivity index (χ1v) is 23.0. The van der Waals surface area contributed by atoms with Gasteiger partial charge in [-0.15, -0.1) is 0 Å². The normalized spacial score (nSPS) is 21.0. The highest BCUT2D eigenvalue weighted by Gasteiger charge is 2.52. The number of benzene rings is 3. The summed E-state index contributed by atoms with van der Waals surface area (Å²) in [6.07, 6.45) is 4.92. The predicted molar refractivity (Wildman–Crippen MR) is 244 cm³/mol. The second-order valence-corrected chi connectivity index (χ2v) is 19.7. The Balaban J connectivity index is 0.957. The lowest BCUT2D eigenvalue weighted by molar-refractivity contribution is -0.139. The molecule has 14 nitrogen and oxygen atoms in total. The Kier molecular flexibility index (Phi) is 11.4. The van der Waals surface area contributed by atoms with Crippen LogP contribution in [0.25, 0.3) is 44.5 Å². The molecule has 4 unspecified atom stereocenters. The first kappa shape index (κ1) is 44.9. The van der Waals surface area contributed by atoms with Crippen LogP contribution in [0, 0.1) is 23.2 Å². The molecule has 4 aliphatic rings. The second-order valence-electron chi connectivity index (χ2n) is 19.7. The Hall–Kier alpha value is -6.32. The van der Waals surface area contributed by atoms with Crippen LogP contribution in [0.2, 0.25) is 0 Å². The smallest absolute Gasteiger partial charge is 0.407 e. The van der Waals surface area contributed by atoms with Gasteiger partial charge in [-0.3, -0.25) is 9.59 Å². The molecule has 3 heterocycles. The molecule has 0 radical (unpaired) electrons. The lowest BCUT2D eigenvalue weighted by Crippen LogP contribution is -2.54. The highest BCUT2D eigenvalue weighted by atomic mass is 19.3. The number of nitrogens with zero attached hydrogens (tertiary/aromatic N) is 4. The largest absolute Gasteiger partial charge is 0.453 e. The molecule has 6 atom stereocenters. The molecule has 66 heavy (non-hydrogen) atoms. The molecule has 5 aromatic rings. The number of alkyl halides is 2. The monoisotopic (exact) mass is 904 g/mol. The number of hydrogen-bond acceptors (Lipinski definition) is 8. The number of alkyl carbamates (subject to hydrolysis) is 2. The van der Waals surface area contributed by atoms with E-state index >= 15 is 8.78 Å². The average Bonchev–Trinajstić information content (AvgIpc) is 3.89. The van der Waals surface area contributed by atoms with E-state index in [1.54, 1.807) is 35.4 Å². The fourth-order valence-electron chi connectivity index (χ4n) is 10.3. The molecule has 348 valence electrons. The summed E-state index contributed by atoms with van der Waals surface area (Å²) in [5, 5.41) is 5.43. The Morgan fingerprint density at radius 2 is 1.44 bits per heavy atom. The van der Waals surface area contributed by atoms with Crippen molar-refractivity contribution in [1.82, 2.24) is 40.4 Å². The topological polar surface area (TPSA) is 175 Å². The molecular formula is C50H58F2N8O6. The summed E-state index contributed by atoms with van der Waals surface area (Å²) < 4.78 is 43.0. The maximum atomic E-state index is 16.7. The van der Waals surface area contributed by atoms with Gasteiger partial charge in [-0.1, -0.05) is 65.0 Å². The summed E-state index contributed by atoms with van der Waals surface area (Å²) in [6.45, 7) is 12.0. The van der Waals surface area contributed by atoms with Crippen LogP contribution < -0.4 is 10.6 Å². The minimum atomic E-state index is -3.30. The summed E-state index contributed by atoms with van der Waals surface area (Å²) in [5.74, 6) is -2.70. The van der Waals surface area contributed by atoms with Crippen LogP contribution in [0.5, 0.6) is 0 Å². The third-order valence-electron chi connectivity index (χ3n) is 14.5. The van der Waals surface area contributed by atoms with Gasteiger partial charge in [0.15, 0.2) is 0 Å². The molecular weight excluding hydrogens is 847 g/mol. The maximum Gasteiger partial charge on any atom is 0.407 e. The number of rotatable bonds is 13. The van der Waals surface area contributed by atoms with Crippen LogP contribution in [-0.4, -0.2) is 92.6 Å². The molecule has 2 bridgehead atoms. The van der Waals surface area contributed by atoms with Crippen LogP contribution >= 0.6 is 0 Å². The molecule has 2 saturated carbocycles. The van der Waals surface area contributed by atoms with Crippen molar-refractivity contribution in [3.8, 4) is 33.5 Å². The van der Waals surface area contributed by atoms with E-state index in [2.05, 4.69) is 32.5 Å². The fraction of sp³-hybridized carbons (Fsp3) is 0.480. The number of ether oxygens (including phenoxy) is 2. The summed E-state index contributed by atoms with van der Waals surface area (Å²) in [7, 11) is 2.54. The number of aromatic nitrogens is 4. The number of piperidine rings is 1. The average molecular weight is 905 g/mol. The van der Waals surface area contributed by atoms with Gasteiger partial charge in [0.25, 0.3) is 5.92 Å². The highest BCUT2D eigenvalue weighted by Crippen LogP contribution is 2.54. The van der Waals surface area contributed by atoms with Gasteiger partial charge in [0.2, 0.25) is 11.8 Å². The Labute approximate surface area is 382 Å². The van der Waals surface area contributed by atoms with Crippen LogP contribution in [-0.2, 0) is 25.0 Å². The quantitative estimate of drug-likeness (QED) is 0.0905. The van der Waals surface area contributed by atoms with Gasteiger partial charge in [0, 0.05) is 29.3 Å². The zero-order chi connectivity index (χ0) is 47.0. The summed E-state index contributed by atoms with van der Waals surface area (Å²) in [5.41, 5.74) is 4.52. The lowest BCUT2D eigenvalue weighted by atomic mass is 9.95. The van der Waals surface area contributed by atoms with Gasteiger partial charge in [0.05, 0.1) is 49.2 Å². The van der Waals surface area contributed by atoms with E-state index < -0.39 is 36.2 Å². The maximum absolute atomic E-state index is 16.7. The number of H-pyrrole nitrogens is 2. The summed E-state index contributed by atoms with van der Waals surface area (Å²) >= 11 is 0. The van der Waals surface area contributed by atoms with E-state index in [0.29, 0.717) is 51.7 Å². The van der Waals surface area contributed by atoms with Gasteiger partial charge in [-0.2, -0.15) is 8.78 Å². The number of carbonyl (C=O) groups excluding carboxylic acids is 4. The minimum Gasteiger partial charge on any atom is -0.453 e. The fourth-order valence-corrected chi connectivity index (χ4v) is 10.3. The standard InChI is InChI=1S/C50H58F2N8O6/c1-25(2)40(57-47(63)65-7)45(61)59(24-49(6)17-18-49)27(5)43-53-23-39(56-43)30-11-15-34-33-14-10-28(20-35(33)50(51,52)36(34)21-30)29-12-16-37-38(22-29)55-44(54-37)42-31-9-13-32(19-31)60(42)46(62)41(26(3)4)58-48(64)66-8/h10-12,14-16,20-23,25-27,31-32,40-42H,9,13,17-19,24H2,1-8H3,(H,53,56)(H,54,55)(H,57,63)(H,58,64)/t27-,31-,32?,40?,41?,42?/m0/s1. The Morgan fingerprint density at radius 3 is 2.08 bits per heavy atom. The van der Waals surface area contributed by atoms with Crippen molar-refractivity contribution in [1.29, 1.82) is 0 Å². The van der Waals surface area contributed by atoms with Crippen LogP contribution in [0.15, 0.2) is 60.8 Å². The molecule has 3 fully saturated rings. The number of amides is 4. The SMILES string of the molecule is COC(=O)NC(C(=O)N1C2CC[C@@H](C2)C1c1nc2ccc(-c3ccc4c(c3)C(F)(F)c3cc(-c5cnc([C@H](C)N(CC6(C)CC6)C(=O)C(NC(=O)OC)C(C)C)[nH]5)ccc3-4)cc2[nH]1)C(C)C. The van der Waals surface area contributed by atoms with E-state index in [4.69, 9.17) is 14.5 Å². The van der Waals surface area contributed by atoms with Crippen LogP contribution in [0.1, 0.15) is 109 Å². The van der Waals surface area contributed by atoms with Crippen molar-refractivity contribution in [2.45, 2.75) is 110 Å². The molecule has 3 aromatic carbocycles. The summed E-state index contributed by atoms with van der Waals surface area (Å²) in [6, 6.07) is 13.5. The van der Waals surface area contributed by atoms with Crippen molar-refractivity contribution < 1.29 is 37.4 Å².